The Bertz CT molecular complexity index is 1080. The van der Waals surface area contributed by atoms with Gasteiger partial charge in [-0.1, -0.05) is 49.0 Å². The molecule has 0 radical (unpaired) electrons. The third kappa shape index (κ3) is 3.46. The number of nitrogens with zero attached hydrogens (tertiary/aromatic N) is 2. The Hall–Kier alpha value is -3.11. The van der Waals surface area contributed by atoms with E-state index >= 15 is 0 Å². The molecule has 1 aromatic carbocycles. The van der Waals surface area contributed by atoms with Crippen molar-refractivity contribution in [2.24, 2.45) is 0 Å². The van der Waals surface area contributed by atoms with E-state index in [0.29, 0.717) is 27.6 Å². The number of halogens is 1. The van der Waals surface area contributed by atoms with Gasteiger partial charge in [0.25, 0.3) is 0 Å². The number of benzene rings is 1. The molecule has 0 amide bonds. The highest BCUT2D eigenvalue weighted by Crippen LogP contribution is 2.24. The smallest absolute Gasteiger partial charge is 0.193 e. The van der Waals surface area contributed by atoms with Gasteiger partial charge in [0.2, 0.25) is 0 Å². The minimum absolute atomic E-state index is 0.125. The Balaban J connectivity index is 2.35. The number of hydrogen-bond donors (Lipinski definition) is 1. The molecule has 0 atom stereocenters. The molecule has 0 unspecified atom stereocenters. The summed E-state index contributed by atoms with van der Waals surface area (Å²) in [6.07, 6.45) is 3.30. The first-order valence-corrected chi connectivity index (χ1v) is 8.42. The normalized spacial score (nSPS) is 11.4. The second kappa shape index (κ2) is 7.42. The lowest BCUT2D eigenvalue weighted by atomic mass is 10.2. The van der Waals surface area contributed by atoms with E-state index in [9.17, 15) is 4.79 Å². The number of rotatable bonds is 5. The zero-order chi connectivity index (χ0) is 18.7. The second-order valence-electron chi connectivity index (χ2n) is 5.73. The van der Waals surface area contributed by atoms with Crippen molar-refractivity contribution in [2.45, 2.75) is 6.92 Å². The zero-order valence-electron chi connectivity index (χ0n) is 14.4. The summed E-state index contributed by atoms with van der Waals surface area (Å²) in [5.41, 5.74) is 2.70. The number of pyridine rings is 2. The number of para-hydroxylation sites is 1. The first-order chi connectivity index (χ1) is 12.5. The number of aryl methyl sites for hydroxylation is 1. The van der Waals surface area contributed by atoms with E-state index in [1.165, 1.54) is 6.07 Å². The third-order valence-electron chi connectivity index (χ3n) is 3.85. The van der Waals surface area contributed by atoms with Crippen LogP contribution in [0.15, 0.2) is 89.4 Å². The fourth-order valence-electron chi connectivity index (χ4n) is 2.67. The summed E-state index contributed by atoms with van der Waals surface area (Å²) in [7, 11) is 0. The molecule has 26 heavy (non-hydrogen) atoms. The topological polar surface area (TPSA) is 46.9 Å². The first kappa shape index (κ1) is 17.7. The van der Waals surface area contributed by atoms with Gasteiger partial charge in [-0.15, -0.1) is 0 Å². The summed E-state index contributed by atoms with van der Waals surface area (Å²) in [6.45, 7) is 9.33. The Morgan fingerprint density at radius 2 is 1.96 bits per heavy atom. The SMILES string of the molecule is C=C/C=C(/Nc1cc(=O)c2ccc(C)nc2n1-c1ccccc1)C(=C)Cl. The van der Waals surface area contributed by atoms with Crippen LogP contribution in [-0.4, -0.2) is 9.55 Å². The molecular weight excluding hydrogens is 346 g/mol. The van der Waals surface area contributed by atoms with Crippen LogP contribution >= 0.6 is 11.6 Å². The maximum absolute atomic E-state index is 12.6. The Kier molecular flexibility index (Phi) is 5.05. The highest BCUT2D eigenvalue weighted by molar-refractivity contribution is 6.31. The fraction of sp³-hybridized carbons (Fsp3) is 0.0476. The standard InChI is InChI=1S/C21H18ClN3O/c1-4-8-18(15(3)22)24-20-13-19(26)17-12-11-14(2)23-21(17)25(20)16-9-6-5-7-10-16/h4-13,24H,1,3H2,2H3/b18-8+. The lowest BCUT2D eigenvalue weighted by Gasteiger charge is -2.19. The molecule has 0 aliphatic heterocycles. The molecule has 4 nitrogen and oxygen atoms in total. The zero-order valence-corrected chi connectivity index (χ0v) is 15.1. The average molecular weight is 364 g/mol. The summed E-state index contributed by atoms with van der Waals surface area (Å²) >= 11 is 6.08. The Morgan fingerprint density at radius 3 is 2.62 bits per heavy atom. The molecule has 0 spiro atoms. The van der Waals surface area contributed by atoms with Crippen molar-refractivity contribution >= 4 is 28.5 Å². The van der Waals surface area contributed by atoms with E-state index in [0.717, 1.165) is 11.4 Å². The quantitative estimate of drug-likeness (QED) is 0.654. The van der Waals surface area contributed by atoms with Crippen molar-refractivity contribution in [2.75, 3.05) is 5.32 Å². The number of aromatic nitrogens is 2. The summed E-state index contributed by atoms with van der Waals surface area (Å²) in [6, 6.07) is 14.9. The number of anilines is 1. The van der Waals surface area contributed by atoms with Gasteiger partial charge in [0.05, 0.1) is 16.1 Å². The van der Waals surface area contributed by atoms with Crippen LogP contribution in [0, 0.1) is 6.92 Å². The van der Waals surface area contributed by atoms with Gasteiger partial charge in [-0.3, -0.25) is 9.36 Å². The number of allylic oxidation sites excluding steroid dienone is 3. The van der Waals surface area contributed by atoms with Crippen LogP contribution in [0.25, 0.3) is 16.7 Å². The van der Waals surface area contributed by atoms with Crippen molar-refractivity contribution in [1.29, 1.82) is 0 Å². The molecule has 0 saturated heterocycles. The molecule has 3 aromatic rings. The Labute approximate surface area is 156 Å². The van der Waals surface area contributed by atoms with E-state index in [-0.39, 0.29) is 5.43 Å². The van der Waals surface area contributed by atoms with Gasteiger partial charge in [-0.05, 0) is 37.3 Å². The molecule has 0 saturated carbocycles. The molecule has 5 heteroatoms. The van der Waals surface area contributed by atoms with E-state index in [4.69, 9.17) is 11.6 Å². The van der Waals surface area contributed by atoms with Gasteiger partial charge in [0, 0.05) is 17.4 Å². The van der Waals surface area contributed by atoms with Gasteiger partial charge in [-0.2, -0.15) is 0 Å². The van der Waals surface area contributed by atoms with Crippen LogP contribution in [-0.2, 0) is 0 Å². The van der Waals surface area contributed by atoms with Crippen molar-refractivity contribution in [1.82, 2.24) is 9.55 Å². The molecular formula is C21H18ClN3O. The molecule has 130 valence electrons. The van der Waals surface area contributed by atoms with Crippen LogP contribution in [0.3, 0.4) is 0 Å². The summed E-state index contributed by atoms with van der Waals surface area (Å²) in [5.74, 6) is 0.543. The first-order valence-electron chi connectivity index (χ1n) is 8.04. The lowest BCUT2D eigenvalue weighted by molar-refractivity contribution is 1.05. The number of fused-ring (bicyclic) bond motifs is 1. The fourth-order valence-corrected chi connectivity index (χ4v) is 2.78. The Morgan fingerprint density at radius 1 is 1.23 bits per heavy atom. The van der Waals surface area contributed by atoms with Gasteiger partial charge < -0.3 is 5.32 Å². The molecule has 3 rings (SSSR count). The molecule has 0 fully saturated rings. The minimum atomic E-state index is -0.125. The van der Waals surface area contributed by atoms with Crippen LogP contribution in [0.5, 0.6) is 0 Å². The highest BCUT2D eigenvalue weighted by Gasteiger charge is 2.13. The summed E-state index contributed by atoms with van der Waals surface area (Å²) in [4.78, 5) is 17.2. The maximum Gasteiger partial charge on any atom is 0.193 e. The van der Waals surface area contributed by atoms with E-state index in [1.54, 1.807) is 18.2 Å². The predicted molar refractivity (Wildman–Crippen MR) is 109 cm³/mol. The van der Waals surface area contributed by atoms with Gasteiger partial charge in [-0.25, -0.2) is 4.98 Å². The maximum atomic E-state index is 12.6. The van der Waals surface area contributed by atoms with Crippen LogP contribution in [0.1, 0.15) is 5.69 Å². The van der Waals surface area contributed by atoms with Crippen molar-refractivity contribution in [3.05, 3.63) is 100 Å². The van der Waals surface area contributed by atoms with Gasteiger partial charge >= 0.3 is 0 Å². The molecule has 0 bridgehead atoms. The van der Waals surface area contributed by atoms with E-state index in [2.05, 4.69) is 23.5 Å². The van der Waals surface area contributed by atoms with Crippen molar-refractivity contribution in [3.8, 4) is 5.69 Å². The van der Waals surface area contributed by atoms with Crippen molar-refractivity contribution < 1.29 is 0 Å². The van der Waals surface area contributed by atoms with Crippen molar-refractivity contribution in [3.63, 3.8) is 0 Å². The second-order valence-corrected chi connectivity index (χ2v) is 6.19. The van der Waals surface area contributed by atoms with Crippen LogP contribution < -0.4 is 10.7 Å². The molecule has 0 aliphatic carbocycles. The van der Waals surface area contributed by atoms with Gasteiger partial charge in [0.1, 0.15) is 11.5 Å². The van der Waals surface area contributed by atoms with E-state index < -0.39 is 0 Å². The molecule has 1 N–H and O–H groups in total. The van der Waals surface area contributed by atoms with Crippen LogP contribution in [0.2, 0.25) is 0 Å². The average Bonchev–Trinajstić information content (AvgIpc) is 2.62. The lowest BCUT2D eigenvalue weighted by Crippen LogP contribution is -2.15. The number of hydrogen-bond acceptors (Lipinski definition) is 3. The third-order valence-corrected chi connectivity index (χ3v) is 4.06. The van der Waals surface area contributed by atoms with Gasteiger partial charge in [0.15, 0.2) is 5.43 Å². The summed E-state index contributed by atoms with van der Waals surface area (Å²) < 4.78 is 1.89. The minimum Gasteiger partial charge on any atom is -0.340 e. The molecule has 2 heterocycles. The highest BCUT2D eigenvalue weighted by atomic mass is 35.5. The van der Waals surface area contributed by atoms with Crippen LogP contribution in [0.4, 0.5) is 5.82 Å². The predicted octanol–water partition coefficient (Wildman–Crippen LogP) is 4.93. The summed E-state index contributed by atoms with van der Waals surface area (Å²) in [5, 5.41) is 4.04. The largest absolute Gasteiger partial charge is 0.340 e. The number of nitrogens with one attached hydrogen (secondary N) is 1. The van der Waals surface area contributed by atoms with E-state index in [1.807, 2.05) is 47.9 Å². The monoisotopic (exact) mass is 363 g/mol. The molecule has 2 aromatic heterocycles. The molecule has 0 aliphatic rings.